The van der Waals surface area contributed by atoms with Crippen molar-refractivity contribution in [2.45, 2.75) is 26.2 Å². The summed E-state index contributed by atoms with van der Waals surface area (Å²) in [6.45, 7) is 1.85. The molecule has 0 bridgehead atoms. The number of nitrogens with one attached hydrogen (secondary N) is 1. The van der Waals surface area contributed by atoms with Crippen molar-refractivity contribution in [1.29, 1.82) is 0 Å². The number of alkyl halides is 1. The van der Waals surface area contributed by atoms with E-state index >= 15 is 0 Å². The number of hydrogen-bond donors (Lipinski definition) is 1. The van der Waals surface area contributed by atoms with E-state index in [0.29, 0.717) is 23.1 Å². The molecule has 0 aliphatic heterocycles. The van der Waals surface area contributed by atoms with Crippen LogP contribution in [0.2, 0.25) is 5.15 Å². The lowest BCUT2D eigenvalue weighted by atomic mass is 10.2. The van der Waals surface area contributed by atoms with Crippen molar-refractivity contribution < 1.29 is 4.79 Å². The van der Waals surface area contributed by atoms with E-state index in [4.69, 9.17) is 23.2 Å². The summed E-state index contributed by atoms with van der Waals surface area (Å²) in [5.74, 6) is 0.572. The maximum atomic E-state index is 11.5. The summed E-state index contributed by atoms with van der Waals surface area (Å²) in [7, 11) is 0. The molecular formula is C11H14Cl2N2O. The van der Waals surface area contributed by atoms with E-state index in [2.05, 4.69) is 10.3 Å². The first kappa shape index (κ1) is 13.3. The number of unbranched alkanes of at least 4 members (excludes halogenated alkanes) is 1. The molecule has 0 atom stereocenters. The second kappa shape index (κ2) is 6.71. The lowest BCUT2D eigenvalue weighted by Crippen LogP contribution is -2.11. The summed E-state index contributed by atoms with van der Waals surface area (Å²) in [5, 5.41) is 3.22. The molecule has 3 nitrogen and oxygen atoms in total. The number of aryl methyl sites for hydroxylation is 1. The number of nitrogens with zero attached hydrogens (tertiary/aromatic N) is 1. The van der Waals surface area contributed by atoms with Gasteiger partial charge >= 0.3 is 0 Å². The van der Waals surface area contributed by atoms with Gasteiger partial charge in [-0.15, -0.1) is 11.6 Å². The second-order valence-corrected chi connectivity index (χ2v) is 4.26. The molecule has 88 valence electrons. The molecule has 0 aromatic carbocycles. The Bertz CT molecular complexity index is 369. The molecule has 0 aliphatic rings. The largest absolute Gasteiger partial charge is 0.325 e. The molecule has 1 heterocycles. The van der Waals surface area contributed by atoms with E-state index in [1.165, 1.54) is 0 Å². The molecule has 0 saturated heterocycles. The predicted octanol–water partition coefficient (Wildman–Crippen LogP) is 3.39. The highest BCUT2D eigenvalue weighted by atomic mass is 35.5. The number of anilines is 1. The van der Waals surface area contributed by atoms with Gasteiger partial charge in [-0.3, -0.25) is 4.79 Å². The molecule has 0 radical (unpaired) electrons. The zero-order chi connectivity index (χ0) is 12.0. The first-order valence-corrected chi connectivity index (χ1v) is 6.02. The van der Waals surface area contributed by atoms with Crippen LogP contribution in [0.1, 0.15) is 24.8 Å². The Morgan fingerprint density at radius 2 is 2.25 bits per heavy atom. The topological polar surface area (TPSA) is 42.0 Å². The minimum Gasteiger partial charge on any atom is -0.325 e. The molecule has 1 aromatic heterocycles. The molecule has 0 unspecified atom stereocenters. The normalized spacial score (nSPS) is 10.2. The van der Waals surface area contributed by atoms with Crippen molar-refractivity contribution in [3.63, 3.8) is 0 Å². The van der Waals surface area contributed by atoms with Gasteiger partial charge < -0.3 is 5.32 Å². The van der Waals surface area contributed by atoms with Crippen LogP contribution in [0.5, 0.6) is 0 Å². The average molecular weight is 261 g/mol. The molecule has 1 N–H and O–H groups in total. The second-order valence-electron chi connectivity index (χ2n) is 3.53. The van der Waals surface area contributed by atoms with Crippen LogP contribution in [0.25, 0.3) is 0 Å². The smallest absolute Gasteiger partial charge is 0.224 e. The van der Waals surface area contributed by atoms with E-state index < -0.39 is 0 Å². The Labute approximate surface area is 105 Å². The zero-order valence-corrected chi connectivity index (χ0v) is 10.6. The van der Waals surface area contributed by atoms with Gasteiger partial charge in [-0.2, -0.15) is 0 Å². The van der Waals surface area contributed by atoms with Crippen LogP contribution in [0, 0.1) is 6.92 Å². The summed E-state index contributed by atoms with van der Waals surface area (Å²) >= 11 is 11.3. The van der Waals surface area contributed by atoms with Gasteiger partial charge in [0, 0.05) is 12.3 Å². The van der Waals surface area contributed by atoms with Gasteiger partial charge in [0.05, 0.1) is 11.9 Å². The van der Waals surface area contributed by atoms with Gasteiger partial charge in [-0.25, -0.2) is 4.98 Å². The molecule has 0 aliphatic carbocycles. The van der Waals surface area contributed by atoms with Gasteiger partial charge in [0.1, 0.15) is 5.15 Å². The molecule has 1 rings (SSSR count). The molecule has 1 amide bonds. The molecule has 5 heteroatoms. The van der Waals surface area contributed by atoms with Crippen LogP contribution in [0.15, 0.2) is 12.3 Å². The van der Waals surface area contributed by atoms with Gasteiger partial charge in [0.15, 0.2) is 0 Å². The number of halogens is 2. The minimum atomic E-state index is -0.0198. The number of amides is 1. The predicted molar refractivity (Wildman–Crippen MR) is 67.2 cm³/mol. The van der Waals surface area contributed by atoms with E-state index in [0.717, 1.165) is 18.4 Å². The molecule has 0 fully saturated rings. The number of carbonyl (C=O) groups is 1. The third-order valence-electron chi connectivity index (χ3n) is 2.09. The van der Waals surface area contributed by atoms with Crippen molar-refractivity contribution in [2.24, 2.45) is 0 Å². The van der Waals surface area contributed by atoms with Gasteiger partial charge in [0.25, 0.3) is 0 Å². The van der Waals surface area contributed by atoms with Gasteiger partial charge in [-0.1, -0.05) is 11.6 Å². The number of hydrogen-bond acceptors (Lipinski definition) is 2. The van der Waals surface area contributed by atoms with Gasteiger partial charge in [0.2, 0.25) is 5.91 Å². The number of carbonyl (C=O) groups excluding carboxylic acids is 1. The fourth-order valence-corrected chi connectivity index (χ4v) is 1.52. The van der Waals surface area contributed by atoms with E-state index in [1.54, 1.807) is 12.3 Å². The van der Waals surface area contributed by atoms with Crippen molar-refractivity contribution in [1.82, 2.24) is 4.98 Å². The maximum Gasteiger partial charge on any atom is 0.224 e. The Kier molecular flexibility index (Phi) is 5.56. The minimum absolute atomic E-state index is 0.0198. The number of pyridine rings is 1. The molecule has 0 spiro atoms. The highest BCUT2D eigenvalue weighted by molar-refractivity contribution is 6.30. The Balaban J connectivity index is 2.46. The van der Waals surface area contributed by atoms with Crippen LogP contribution < -0.4 is 5.32 Å². The summed E-state index contributed by atoms with van der Waals surface area (Å²) in [5.41, 5.74) is 1.53. The third kappa shape index (κ3) is 4.37. The highest BCUT2D eigenvalue weighted by Crippen LogP contribution is 2.16. The van der Waals surface area contributed by atoms with Crippen molar-refractivity contribution in [3.8, 4) is 0 Å². The SMILES string of the molecule is Cc1cc(NC(=O)CCCCCl)cnc1Cl. The molecular weight excluding hydrogens is 247 g/mol. The van der Waals surface area contributed by atoms with Crippen molar-refractivity contribution in [3.05, 3.63) is 23.0 Å². The highest BCUT2D eigenvalue weighted by Gasteiger charge is 2.04. The Hall–Kier alpha value is -0.800. The molecule has 16 heavy (non-hydrogen) atoms. The third-order valence-corrected chi connectivity index (χ3v) is 2.75. The van der Waals surface area contributed by atoms with Gasteiger partial charge in [-0.05, 0) is 31.4 Å². The van der Waals surface area contributed by atoms with Crippen LogP contribution in [0.3, 0.4) is 0 Å². The fourth-order valence-electron chi connectivity index (χ4n) is 1.23. The van der Waals surface area contributed by atoms with Crippen LogP contribution >= 0.6 is 23.2 Å². The lowest BCUT2D eigenvalue weighted by molar-refractivity contribution is -0.116. The fraction of sp³-hybridized carbons (Fsp3) is 0.455. The van der Waals surface area contributed by atoms with Crippen LogP contribution in [-0.2, 0) is 4.79 Å². The summed E-state index contributed by atoms with van der Waals surface area (Å²) < 4.78 is 0. The van der Waals surface area contributed by atoms with Crippen LogP contribution in [0.4, 0.5) is 5.69 Å². The van der Waals surface area contributed by atoms with Crippen molar-refractivity contribution >= 4 is 34.8 Å². The van der Waals surface area contributed by atoms with E-state index in [9.17, 15) is 4.79 Å². The van der Waals surface area contributed by atoms with Crippen LogP contribution in [-0.4, -0.2) is 16.8 Å². The quantitative estimate of drug-likeness (QED) is 0.501. The average Bonchev–Trinajstić information content (AvgIpc) is 2.24. The standard InChI is InChI=1S/C11H14Cl2N2O/c1-8-6-9(7-14-11(8)13)15-10(16)4-2-3-5-12/h6-7H,2-5H2,1H3,(H,15,16). The summed E-state index contributed by atoms with van der Waals surface area (Å²) in [6.07, 6.45) is 3.69. The Morgan fingerprint density at radius 3 is 2.88 bits per heavy atom. The maximum absolute atomic E-state index is 11.5. The summed E-state index contributed by atoms with van der Waals surface area (Å²) in [4.78, 5) is 15.4. The lowest BCUT2D eigenvalue weighted by Gasteiger charge is -2.05. The number of aromatic nitrogens is 1. The summed E-state index contributed by atoms with van der Waals surface area (Å²) in [6, 6.07) is 1.80. The molecule has 1 aromatic rings. The first-order chi connectivity index (χ1) is 7.63. The van der Waals surface area contributed by atoms with Crippen molar-refractivity contribution in [2.75, 3.05) is 11.2 Å². The van der Waals surface area contributed by atoms with E-state index in [-0.39, 0.29) is 5.91 Å². The zero-order valence-electron chi connectivity index (χ0n) is 9.09. The number of rotatable bonds is 5. The monoisotopic (exact) mass is 260 g/mol. The first-order valence-electron chi connectivity index (χ1n) is 5.11. The van der Waals surface area contributed by atoms with E-state index in [1.807, 2.05) is 6.92 Å². The molecule has 0 saturated carbocycles. The Morgan fingerprint density at radius 1 is 1.50 bits per heavy atom.